The molecule has 1 heterocycles. The molecule has 154 valence electrons. The van der Waals surface area contributed by atoms with Gasteiger partial charge in [-0.05, 0) is 43.7 Å². The van der Waals surface area contributed by atoms with E-state index < -0.39 is 17.2 Å². The predicted molar refractivity (Wildman–Crippen MR) is 113 cm³/mol. The molecular weight excluding hydrogens is 366 g/mol. The van der Waals surface area contributed by atoms with Crippen molar-refractivity contribution in [3.63, 3.8) is 0 Å². The van der Waals surface area contributed by atoms with E-state index in [1.165, 1.54) is 17.3 Å². The Morgan fingerprint density at radius 1 is 1.00 bits per heavy atom. The van der Waals surface area contributed by atoms with Crippen LogP contribution in [0.2, 0.25) is 0 Å². The van der Waals surface area contributed by atoms with Crippen LogP contribution in [-0.2, 0) is 12.8 Å². The van der Waals surface area contributed by atoms with Crippen LogP contribution < -0.4 is 16.1 Å². The second-order valence-corrected chi connectivity index (χ2v) is 8.41. The van der Waals surface area contributed by atoms with Gasteiger partial charge in [0.25, 0.3) is 11.8 Å². The van der Waals surface area contributed by atoms with Crippen LogP contribution in [0, 0.1) is 5.92 Å². The highest BCUT2D eigenvalue weighted by molar-refractivity contribution is 5.99. The summed E-state index contributed by atoms with van der Waals surface area (Å²) in [5.41, 5.74) is 1.92. The zero-order chi connectivity index (χ0) is 21.1. The summed E-state index contributed by atoms with van der Waals surface area (Å²) in [4.78, 5) is 38.4. The lowest BCUT2D eigenvalue weighted by molar-refractivity contribution is 0.0936. The van der Waals surface area contributed by atoms with Gasteiger partial charge < -0.3 is 15.2 Å². The van der Waals surface area contributed by atoms with Crippen LogP contribution in [0.4, 0.5) is 0 Å². The third kappa shape index (κ3) is 4.75. The third-order valence-electron chi connectivity index (χ3n) is 5.19. The number of pyridine rings is 1. The minimum atomic E-state index is -0.531. The van der Waals surface area contributed by atoms with Crippen LogP contribution in [0.1, 0.15) is 65.6 Å². The van der Waals surface area contributed by atoms with Gasteiger partial charge in [0.2, 0.25) is 5.43 Å². The summed E-state index contributed by atoms with van der Waals surface area (Å²) in [5.74, 6) is -0.608. The molecule has 1 aromatic heterocycles. The van der Waals surface area contributed by atoms with Crippen LogP contribution in [-0.4, -0.2) is 29.0 Å². The van der Waals surface area contributed by atoms with Gasteiger partial charge in [-0.2, -0.15) is 0 Å². The van der Waals surface area contributed by atoms with Crippen molar-refractivity contribution in [2.24, 2.45) is 5.92 Å². The van der Waals surface area contributed by atoms with Crippen LogP contribution in [0.5, 0.6) is 0 Å². The molecule has 0 bridgehead atoms. The van der Waals surface area contributed by atoms with Gasteiger partial charge in [-0.1, -0.05) is 38.1 Å². The molecule has 0 saturated heterocycles. The number of fused-ring (bicyclic) bond motifs is 1. The molecule has 6 nitrogen and oxygen atoms in total. The molecule has 29 heavy (non-hydrogen) atoms. The van der Waals surface area contributed by atoms with Crippen LogP contribution in [0.15, 0.2) is 41.5 Å². The molecular formula is C23H29N3O3. The Morgan fingerprint density at radius 3 is 2.07 bits per heavy atom. The van der Waals surface area contributed by atoms with Crippen molar-refractivity contribution in [1.29, 1.82) is 0 Å². The van der Waals surface area contributed by atoms with E-state index in [1.54, 1.807) is 10.8 Å². The number of hydrogen-bond donors (Lipinski definition) is 2. The lowest BCUT2D eigenvalue weighted by Crippen LogP contribution is -2.40. The molecule has 1 aromatic carbocycles. The number of hydrogen-bond acceptors (Lipinski definition) is 3. The van der Waals surface area contributed by atoms with E-state index in [1.807, 2.05) is 39.8 Å². The standard InChI is InChI=1S/C23H29N3O3/c1-14(2)11-24-22(28)19-12-26(15(3)4)13-20(21(19)27)23(29)25-18-9-16-7-5-6-8-17(16)10-18/h5-8,12-15,18H,9-11H2,1-4H3,(H,24,28)(H,25,29). The first-order valence-electron chi connectivity index (χ1n) is 10.2. The molecule has 2 aromatic rings. The molecule has 3 rings (SSSR count). The second-order valence-electron chi connectivity index (χ2n) is 8.41. The van der Waals surface area contributed by atoms with Crippen molar-refractivity contribution in [2.75, 3.05) is 6.54 Å². The first-order chi connectivity index (χ1) is 13.8. The van der Waals surface area contributed by atoms with Gasteiger partial charge in [0.15, 0.2) is 0 Å². The fourth-order valence-corrected chi connectivity index (χ4v) is 3.54. The SMILES string of the molecule is CC(C)CNC(=O)c1cn(C(C)C)cc(C(=O)NC2Cc3ccccc3C2)c1=O. The highest BCUT2D eigenvalue weighted by atomic mass is 16.2. The van der Waals surface area contributed by atoms with Gasteiger partial charge in [0, 0.05) is 31.0 Å². The molecule has 0 spiro atoms. The topological polar surface area (TPSA) is 80.2 Å². The summed E-state index contributed by atoms with van der Waals surface area (Å²) in [6.07, 6.45) is 4.57. The second kappa shape index (κ2) is 8.64. The Bertz CT molecular complexity index is 951. The van der Waals surface area contributed by atoms with E-state index in [0.717, 1.165) is 12.8 Å². The van der Waals surface area contributed by atoms with Gasteiger partial charge in [0.05, 0.1) is 0 Å². The zero-order valence-corrected chi connectivity index (χ0v) is 17.5. The predicted octanol–water partition coefficient (Wildman–Crippen LogP) is 2.71. The van der Waals surface area contributed by atoms with Crippen molar-refractivity contribution in [3.8, 4) is 0 Å². The summed E-state index contributed by atoms with van der Waals surface area (Å²) >= 11 is 0. The van der Waals surface area contributed by atoms with Crippen LogP contribution in [0.25, 0.3) is 0 Å². The van der Waals surface area contributed by atoms with Gasteiger partial charge >= 0.3 is 0 Å². The molecule has 6 heteroatoms. The fourth-order valence-electron chi connectivity index (χ4n) is 3.54. The molecule has 2 amide bonds. The lowest BCUT2D eigenvalue weighted by atomic mass is 10.1. The molecule has 1 aliphatic carbocycles. The van der Waals surface area contributed by atoms with Gasteiger partial charge in [-0.15, -0.1) is 0 Å². The lowest BCUT2D eigenvalue weighted by Gasteiger charge is -2.17. The van der Waals surface area contributed by atoms with Crippen LogP contribution in [0.3, 0.4) is 0 Å². The van der Waals surface area contributed by atoms with E-state index in [4.69, 9.17) is 0 Å². The first kappa shape index (κ1) is 20.8. The molecule has 0 atom stereocenters. The Labute approximate surface area is 171 Å². The molecule has 0 aliphatic heterocycles. The average Bonchev–Trinajstić information content (AvgIpc) is 3.08. The Balaban J connectivity index is 1.85. The number of amides is 2. The third-order valence-corrected chi connectivity index (χ3v) is 5.19. The fraction of sp³-hybridized carbons (Fsp3) is 0.435. The molecule has 0 unspecified atom stereocenters. The smallest absolute Gasteiger partial charge is 0.257 e. The molecule has 0 radical (unpaired) electrons. The number of nitrogens with one attached hydrogen (secondary N) is 2. The molecule has 0 fully saturated rings. The Hall–Kier alpha value is -2.89. The first-order valence-corrected chi connectivity index (χ1v) is 10.2. The van der Waals surface area contributed by atoms with Crippen molar-refractivity contribution >= 4 is 11.8 Å². The number of aromatic nitrogens is 1. The summed E-state index contributed by atoms with van der Waals surface area (Å²) in [6.45, 7) is 8.31. The van der Waals surface area contributed by atoms with E-state index in [2.05, 4.69) is 22.8 Å². The monoisotopic (exact) mass is 395 g/mol. The number of benzene rings is 1. The number of carbonyl (C=O) groups is 2. The quantitative estimate of drug-likeness (QED) is 0.789. The molecule has 0 saturated carbocycles. The summed E-state index contributed by atoms with van der Waals surface area (Å²) < 4.78 is 1.74. The minimum Gasteiger partial charge on any atom is -0.352 e. The van der Waals surface area contributed by atoms with E-state index in [-0.39, 0.29) is 29.1 Å². The van der Waals surface area contributed by atoms with Gasteiger partial charge in [0.1, 0.15) is 11.1 Å². The Morgan fingerprint density at radius 2 is 1.55 bits per heavy atom. The largest absolute Gasteiger partial charge is 0.352 e. The van der Waals surface area contributed by atoms with Gasteiger partial charge in [-0.3, -0.25) is 14.4 Å². The summed E-state index contributed by atoms with van der Waals surface area (Å²) in [6, 6.07) is 8.06. The summed E-state index contributed by atoms with van der Waals surface area (Å²) in [7, 11) is 0. The molecule has 1 aliphatic rings. The maximum atomic E-state index is 12.9. The Kier molecular flexibility index (Phi) is 6.20. The van der Waals surface area contributed by atoms with E-state index in [0.29, 0.717) is 6.54 Å². The van der Waals surface area contributed by atoms with E-state index in [9.17, 15) is 14.4 Å². The van der Waals surface area contributed by atoms with Crippen LogP contribution >= 0.6 is 0 Å². The highest BCUT2D eigenvalue weighted by Crippen LogP contribution is 2.21. The van der Waals surface area contributed by atoms with Crippen molar-refractivity contribution < 1.29 is 9.59 Å². The number of carbonyl (C=O) groups excluding carboxylic acids is 2. The maximum Gasteiger partial charge on any atom is 0.257 e. The van der Waals surface area contributed by atoms with Gasteiger partial charge in [-0.25, -0.2) is 0 Å². The number of nitrogens with zero attached hydrogens (tertiary/aromatic N) is 1. The van der Waals surface area contributed by atoms with E-state index >= 15 is 0 Å². The number of rotatable bonds is 6. The average molecular weight is 396 g/mol. The normalized spacial score (nSPS) is 13.6. The van der Waals surface area contributed by atoms with Crippen molar-refractivity contribution in [1.82, 2.24) is 15.2 Å². The zero-order valence-electron chi connectivity index (χ0n) is 17.5. The maximum absolute atomic E-state index is 12.9. The highest BCUT2D eigenvalue weighted by Gasteiger charge is 2.25. The molecule has 2 N–H and O–H groups in total. The minimum absolute atomic E-state index is 0.00158. The van der Waals surface area contributed by atoms with Crippen molar-refractivity contribution in [2.45, 2.75) is 52.6 Å². The van der Waals surface area contributed by atoms with Crippen molar-refractivity contribution in [3.05, 3.63) is 69.1 Å². The summed E-state index contributed by atoms with van der Waals surface area (Å²) in [5, 5.41) is 5.75.